The van der Waals surface area contributed by atoms with Gasteiger partial charge in [-0.1, -0.05) is 12.1 Å². The highest BCUT2D eigenvalue weighted by molar-refractivity contribution is 7.18. The number of aromatic nitrogens is 1. The molecule has 0 spiro atoms. The molecule has 1 atom stereocenters. The fourth-order valence-corrected chi connectivity index (χ4v) is 4.60. The number of carbonyl (C=O) groups is 2. The monoisotopic (exact) mass is 430 g/mol. The van der Waals surface area contributed by atoms with Crippen molar-refractivity contribution in [1.29, 1.82) is 0 Å². The van der Waals surface area contributed by atoms with Crippen LogP contribution < -0.4 is 5.32 Å². The molecule has 30 heavy (non-hydrogen) atoms. The molecule has 1 aliphatic heterocycles. The summed E-state index contributed by atoms with van der Waals surface area (Å²) >= 11 is 1.60. The van der Waals surface area contributed by atoms with Gasteiger partial charge >= 0.3 is 0 Å². The van der Waals surface area contributed by atoms with E-state index in [4.69, 9.17) is 0 Å². The van der Waals surface area contributed by atoms with E-state index >= 15 is 0 Å². The van der Waals surface area contributed by atoms with Gasteiger partial charge < -0.3 is 10.2 Å². The van der Waals surface area contributed by atoms with E-state index in [-0.39, 0.29) is 11.5 Å². The molecular formula is C21H20F2N4O2S. The van der Waals surface area contributed by atoms with Gasteiger partial charge in [-0.05, 0) is 30.3 Å². The molecule has 0 bridgehead atoms. The zero-order valence-electron chi connectivity index (χ0n) is 16.3. The lowest BCUT2D eigenvalue weighted by atomic mass is 10.1. The maximum atomic E-state index is 13.6. The fraction of sp³-hybridized carbons (Fsp3) is 0.286. The molecule has 156 valence electrons. The molecular weight excluding hydrogens is 410 g/mol. The second kappa shape index (κ2) is 8.45. The number of nitrogens with zero attached hydrogens (tertiary/aromatic N) is 3. The Morgan fingerprint density at radius 1 is 1.17 bits per heavy atom. The van der Waals surface area contributed by atoms with Gasteiger partial charge in [0.05, 0.1) is 16.8 Å². The number of benzene rings is 2. The van der Waals surface area contributed by atoms with Crippen LogP contribution in [0, 0.1) is 11.6 Å². The fourth-order valence-electron chi connectivity index (χ4n) is 3.59. The number of piperazine rings is 1. The third-order valence-corrected chi connectivity index (χ3v) is 6.16. The van der Waals surface area contributed by atoms with Gasteiger partial charge in [-0.3, -0.25) is 14.5 Å². The molecule has 9 heteroatoms. The highest BCUT2D eigenvalue weighted by atomic mass is 32.1. The van der Waals surface area contributed by atoms with Crippen LogP contribution in [0.25, 0.3) is 10.2 Å². The summed E-state index contributed by atoms with van der Waals surface area (Å²) in [5.41, 5.74) is 0.954. The molecule has 2 aromatic carbocycles. The molecule has 1 fully saturated rings. The predicted octanol–water partition coefficient (Wildman–Crippen LogP) is 2.65. The van der Waals surface area contributed by atoms with Crippen molar-refractivity contribution in [3.63, 3.8) is 0 Å². The Bertz CT molecular complexity index is 1070. The predicted molar refractivity (Wildman–Crippen MR) is 110 cm³/mol. The van der Waals surface area contributed by atoms with Crippen LogP contribution in [0.3, 0.4) is 0 Å². The van der Waals surface area contributed by atoms with Crippen molar-refractivity contribution in [1.82, 2.24) is 20.1 Å². The molecule has 1 saturated heterocycles. The summed E-state index contributed by atoms with van der Waals surface area (Å²) in [4.78, 5) is 33.5. The number of likely N-dealkylation sites (N-methyl/N-ethyl adjacent to an activating group) is 1. The first-order valence-corrected chi connectivity index (χ1v) is 10.3. The SMILES string of the molecule is CNC(=O)C1CN(Cc2nc3ccccc3s2)CCN1C(=O)c1ccc(F)c(F)c1. The third-order valence-electron chi connectivity index (χ3n) is 5.14. The average molecular weight is 430 g/mol. The number of fused-ring (bicyclic) bond motifs is 1. The van der Waals surface area contributed by atoms with E-state index in [1.54, 1.807) is 11.3 Å². The number of thiazole rings is 1. The molecule has 2 amide bonds. The van der Waals surface area contributed by atoms with Crippen molar-refractivity contribution in [3.05, 3.63) is 64.7 Å². The molecule has 2 heterocycles. The number of rotatable bonds is 4. The Kier molecular flexibility index (Phi) is 5.74. The van der Waals surface area contributed by atoms with Crippen molar-refractivity contribution >= 4 is 33.4 Å². The normalized spacial score (nSPS) is 17.3. The quantitative estimate of drug-likeness (QED) is 0.691. The molecule has 0 aliphatic carbocycles. The van der Waals surface area contributed by atoms with Gasteiger partial charge in [0.25, 0.3) is 5.91 Å². The molecule has 4 rings (SSSR count). The minimum absolute atomic E-state index is 0.0161. The second-order valence-electron chi connectivity index (χ2n) is 7.07. The highest BCUT2D eigenvalue weighted by Crippen LogP contribution is 2.24. The molecule has 3 aromatic rings. The van der Waals surface area contributed by atoms with Crippen LogP contribution in [0.1, 0.15) is 15.4 Å². The van der Waals surface area contributed by atoms with Crippen LogP contribution in [-0.2, 0) is 11.3 Å². The van der Waals surface area contributed by atoms with Crippen molar-refractivity contribution in [2.75, 3.05) is 26.7 Å². The van der Waals surface area contributed by atoms with E-state index < -0.39 is 23.6 Å². The first-order chi connectivity index (χ1) is 14.5. The summed E-state index contributed by atoms with van der Waals surface area (Å²) in [6, 6.07) is 10.2. The van der Waals surface area contributed by atoms with Crippen LogP contribution in [0.4, 0.5) is 8.78 Å². The van der Waals surface area contributed by atoms with Gasteiger partial charge in [0.15, 0.2) is 11.6 Å². The second-order valence-corrected chi connectivity index (χ2v) is 8.18. The van der Waals surface area contributed by atoms with E-state index in [0.29, 0.717) is 26.2 Å². The molecule has 0 radical (unpaired) electrons. The van der Waals surface area contributed by atoms with E-state index in [9.17, 15) is 18.4 Å². The minimum atomic E-state index is -1.09. The topological polar surface area (TPSA) is 65.5 Å². The maximum absolute atomic E-state index is 13.6. The van der Waals surface area contributed by atoms with Gasteiger partial charge in [0, 0.05) is 32.2 Å². The number of carbonyl (C=O) groups excluding carboxylic acids is 2. The number of para-hydroxylation sites is 1. The minimum Gasteiger partial charge on any atom is -0.357 e. The Morgan fingerprint density at radius 2 is 1.97 bits per heavy atom. The maximum Gasteiger partial charge on any atom is 0.254 e. The van der Waals surface area contributed by atoms with E-state index in [2.05, 4.69) is 15.2 Å². The first-order valence-electron chi connectivity index (χ1n) is 9.50. The van der Waals surface area contributed by atoms with Gasteiger partial charge in [-0.2, -0.15) is 0 Å². The van der Waals surface area contributed by atoms with Crippen molar-refractivity contribution in [2.45, 2.75) is 12.6 Å². The molecule has 1 aliphatic rings. The molecule has 1 aromatic heterocycles. The Balaban J connectivity index is 1.52. The number of halogens is 2. The van der Waals surface area contributed by atoms with Gasteiger partial charge in [-0.15, -0.1) is 11.3 Å². The number of hydrogen-bond acceptors (Lipinski definition) is 5. The lowest BCUT2D eigenvalue weighted by Gasteiger charge is -2.40. The average Bonchev–Trinajstić information content (AvgIpc) is 3.16. The summed E-state index contributed by atoms with van der Waals surface area (Å²) in [6.07, 6.45) is 0. The van der Waals surface area contributed by atoms with Gasteiger partial charge in [-0.25, -0.2) is 13.8 Å². The number of hydrogen-bond donors (Lipinski definition) is 1. The van der Waals surface area contributed by atoms with Crippen molar-refractivity contribution in [3.8, 4) is 0 Å². The summed E-state index contributed by atoms with van der Waals surface area (Å²) in [7, 11) is 1.51. The van der Waals surface area contributed by atoms with Crippen molar-refractivity contribution < 1.29 is 18.4 Å². The molecule has 1 unspecified atom stereocenters. The Morgan fingerprint density at radius 3 is 2.70 bits per heavy atom. The van der Waals surface area contributed by atoms with Crippen LogP contribution in [0.5, 0.6) is 0 Å². The number of amides is 2. The zero-order chi connectivity index (χ0) is 21.3. The summed E-state index contributed by atoms with van der Waals surface area (Å²) < 4.78 is 27.9. The Labute approximate surface area is 176 Å². The van der Waals surface area contributed by atoms with Crippen LogP contribution in [0.2, 0.25) is 0 Å². The lowest BCUT2D eigenvalue weighted by Crippen LogP contribution is -2.60. The molecule has 6 nitrogen and oxygen atoms in total. The summed E-state index contributed by atoms with van der Waals surface area (Å²) in [6.45, 7) is 1.73. The van der Waals surface area contributed by atoms with Crippen LogP contribution in [0.15, 0.2) is 42.5 Å². The summed E-state index contributed by atoms with van der Waals surface area (Å²) in [5, 5.41) is 3.53. The highest BCUT2D eigenvalue weighted by Gasteiger charge is 2.35. The lowest BCUT2D eigenvalue weighted by molar-refractivity contribution is -0.127. The standard InChI is InChI=1S/C21H20F2N4O2S/c1-24-20(28)17-11-26(12-19-25-16-4-2-3-5-18(16)30-19)8-9-27(17)21(29)13-6-7-14(22)15(23)10-13/h2-7,10,17H,8-9,11-12H2,1H3,(H,24,28). The van der Waals surface area contributed by atoms with Crippen LogP contribution >= 0.6 is 11.3 Å². The van der Waals surface area contributed by atoms with E-state index in [1.807, 2.05) is 24.3 Å². The largest absolute Gasteiger partial charge is 0.357 e. The van der Waals surface area contributed by atoms with Crippen LogP contribution in [-0.4, -0.2) is 59.3 Å². The molecule has 1 N–H and O–H groups in total. The first kappa shape index (κ1) is 20.4. The molecule has 0 saturated carbocycles. The van der Waals surface area contributed by atoms with E-state index in [1.165, 1.54) is 18.0 Å². The van der Waals surface area contributed by atoms with Crippen molar-refractivity contribution in [2.24, 2.45) is 0 Å². The third kappa shape index (κ3) is 4.03. The smallest absolute Gasteiger partial charge is 0.254 e. The summed E-state index contributed by atoms with van der Waals surface area (Å²) in [5.74, 6) is -2.91. The Hall–Kier alpha value is -2.91. The number of nitrogens with one attached hydrogen (secondary N) is 1. The zero-order valence-corrected chi connectivity index (χ0v) is 17.1. The van der Waals surface area contributed by atoms with Gasteiger partial charge in [0.1, 0.15) is 11.0 Å². The van der Waals surface area contributed by atoms with E-state index in [0.717, 1.165) is 27.4 Å². The van der Waals surface area contributed by atoms with Gasteiger partial charge in [0.2, 0.25) is 5.91 Å².